The van der Waals surface area contributed by atoms with Gasteiger partial charge in [-0.2, -0.15) is 0 Å². The van der Waals surface area contributed by atoms with Gasteiger partial charge in [-0.25, -0.2) is 14.2 Å². The minimum Gasteiger partial charge on any atom is -0.476 e. The second-order valence-corrected chi connectivity index (χ2v) is 3.83. The summed E-state index contributed by atoms with van der Waals surface area (Å²) in [6, 6.07) is 4.49. The van der Waals surface area contributed by atoms with E-state index in [-0.39, 0.29) is 17.3 Å². The van der Waals surface area contributed by atoms with Crippen molar-refractivity contribution in [2.45, 2.75) is 6.54 Å². The van der Waals surface area contributed by atoms with E-state index in [2.05, 4.69) is 4.98 Å². The van der Waals surface area contributed by atoms with Crippen molar-refractivity contribution in [2.75, 3.05) is 0 Å². The Balaban J connectivity index is 2.25. The number of aromatic carboxylic acids is 1. The van der Waals surface area contributed by atoms with Crippen molar-refractivity contribution < 1.29 is 14.3 Å². The molecule has 17 heavy (non-hydrogen) atoms. The molecule has 0 radical (unpaired) electrons. The second kappa shape index (κ2) is 4.55. The van der Waals surface area contributed by atoms with Crippen LogP contribution in [-0.4, -0.2) is 20.6 Å². The zero-order valence-electron chi connectivity index (χ0n) is 8.60. The van der Waals surface area contributed by atoms with Crippen molar-refractivity contribution in [3.63, 3.8) is 0 Å². The van der Waals surface area contributed by atoms with Gasteiger partial charge in [0.1, 0.15) is 5.82 Å². The van der Waals surface area contributed by atoms with Gasteiger partial charge in [-0.05, 0) is 11.6 Å². The van der Waals surface area contributed by atoms with Gasteiger partial charge in [0.05, 0.1) is 17.9 Å². The maximum atomic E-state index is 13.2. The van der Waals surface area contributed by atoms with Crippen LogP contribution in [0.2, 0.25) is 5.02 Å². The lowest BCUT2D eigenvalue weighted by atomic mass is 10.2. The highest BCUT2D eigenvalue weighted by Crippen LogP contribution is 2.20. The predicted molar refractivity (Wildman–Crippen MR) is 59.7 cm³/mol. The fourth-order valence-electron chi connectivity index (χ4n) is 1.42. The second-order valence-electron chi connectivity index (χ2n) is 3.45. The molecule has 0 unspecified atom stereocenters. The van der Waals surface area contributed by atoms with Crippen LogP contribution >= 0.6 is 11.6 Å². The number of benzene rings is 1. The number of hydrogen-bond donors (Lipinski definition) is 1. The van der Waals surface area contributed by atoms with Crippen LogP contribution in [-0.2, 0) is 6.54 Å². The Labute approximate surface area is 101 Å². The summed E-state index contributed by atoms with van der Waals surface area (Å²) in [5.74, 6) is -1.60. The van der Waals surface area contributed by atoms with E-state index >= 15 is 0 Å². The molecule has 0 aliphatic rings. The van der Waals surface area contributed by atoms with Crippen molar-refractivity contribution in [1.29, 1.82) is 0 Å². The third-order valence-electron chi connectivity index (χ3n) is 2.24. The van der Waals surface area contributed by atoms with Crippen LogP contribution in [0, 0.1) is 5.82 Å². The molecule has 0 aliphatic carbocycles. The molecule has 4 nitrogen and oxygen atoms in total. The predicted octanol–water partition coefficient (Wildman–Crippen LogP) is 2.42. The Morgan fingerprint density at radius 2 is 2.29 bits per heavy atom. The summed E-state index contributed by atoms with van der Waals surface area (Å²) >= 11 is 5.79. The summed E-state index contributed by atoms with van der Waals surface area (Å²) in [6.07, 6.45) is 2.73. The molecular weight excluding hydrogens is 247 g/mol. The molecule has 6 heteroatoms. The van der Waals surface area contributed by atoms with Crippen molar-refractivity contribution in [3.8, 4) is 0 Å². The van der Waals surface area contributed by atoms with E-state index in [9.17, 15) is 9.18 Å². The van der Waals surface area contributed by atoms with Crippen LogP contribution in [0.3, 0.4) is 0 Å². The molecule has 1 aromatic heterocycles. The first-order valence-corrected chi connectivity index (χ1v) is 5.13. The molecule has 0 bridgehead atoms. The number of aromatic nitrogens is 2. The number of imidazole rings is 1. The van der Waals surface area contributed by atoms with E-state index in [1.54, 1.807) is 12.1 Å². The van der Waals surface area contributed by atoms with Gasteiger partial charge >= 0.3 is 5.97 Å². The van der Waals surface area contributed by atoms with Crippen molar-refractivity contribution in [2.24, 2.45) is 0 Å². The molecule has 0 amide bonds. The van der Waals surface area contributed by atoms with Gasteiger partial charge in [0.25, 0.3) is 0 Å². The molecule has 0 aliphatic heterocycles. The van der Waals surface area contributed by atoms with E-state index in [4.69, 9.17) is 16.7 Å². The minimum atomic E-state index is -1.10. The Hall–Kier alpha value is -1.88. The van der Waals surface area contributed by atoms with Crippen molar-refractivity contribution in [3.05, 3.63) is 52.8 Å². The number of halogens is 2. The summed E-state index contributed by atoms with van der Waals surface area (Å²) in [6.45, 7) is 0.275. The van der Waals surface area contributed by atoms with E-state index in [1.165, 1.54) is 23.2 Å². The molecule has 2 aromatic rings. The summed E-state index contributed by atoms with van der Waals surface area (Å²) in [4.78, 5) is 14.3. The Kier molecular flexibility index (Phi) is 3.10. The van der Waals surface area contributed by atoms with Gasteiger partial charge in [-0.3, -0.25) is 0 Å². The molecule has 2 rings (SSSR count). The smallest absolute Gasteiger partial charge is 0.356 e. The lowest BCUT2D eigenvalue weighted by Crippen LogP contribution is -1.99. The summed E-state index contributed by atoms with van der Waals surface area (Å²) in [5, 5.41) is 8.74. The number of carboxylic acids is 1. The Morgan fingerprint density at radius 1 is 1.53 bits per heavy atom. The van der Waals surface area contributed by atoms with Gasteiger partial charge < -0.3 is 9.67 Å². The average molecular weight is 255 g/mol. The monoisotopic (exact) mass is 254 g/mol. The number of nitrogens with zero attached hydrogens (tertiary/aromatic N) is 2. The van der Waals surface area contributed by atoms with Crippen LogP contribution in [0.5, 0.6) is 0 Å². The SMILES string of the molecule is O=C(O)c1cn(Cc2cccc(F)c2Cl)cn1. The molecule has 0 saturated carbocycles. The van der Waals surface area contributed by atoms with Gasteiger partial charge in [-0.15, -0.1) is 0 Å². The van der Waals surface area contributed by atoms with Crippen LogP contribution in [0.1, 0.15) is 16.1 Å². The summed E-state index contributed by atoms with van der Waals surface area (Å²) in [7, 11) is 0. The average Bonchev–Trinajstić information content (AvgIpc) is 2.73. The first-order valence-electron chi connectivity index (χ1n) is 4.76. The molecule has 88 valence electrons. The highest BCUT2D eigenvalue weighted by Gasteiger charge is 2.09. The fourth-order valence-corrected chi connectivity index (χ4v) is 1.61. The van der Waals surface area contributed by atoms with Crippen LogP contribution < -0.4 is 0 Å². The zero-order valence-corrected chi connectivity index (χ0v) is 9.36. The lowest BCUT2D eigenvalue weighted by Gasteiger charge is -2.05. The summed E-state index contributed by atoms with van der Waals surface area (Å²) in [5.41, 5.74) is 0.513. The Morgan fingerprint density at radius 3 is 2.94 bits per heavy atom. The first-order chi connectivity index (χ1) is 8.08. The van der Waals surface area contributed by atoms with Gasteiger partial charge in [-0.1, -0.05) is 23.7 Å². The van der Waals surface area contributed by atoms with Crippen LogP contribution in [0.4, 0.5) is 4.39 Å². The normalized spacial score (nSPS) is 10.5. The fraction of sp³-hybridized carbons (Fsp3) is 0.0909. The van der Waals surface area contributed by atoms with Gasteiger partial charge in [0.2, 0.25) is 0 Å². The van der Waals surface area contributed by atoms with Crippen molar-refractivity contribution in [1.82, 2.24) is 9.55 Å². The number of carbonyl (C=O) groups is 1. The quantitative estimate of drug-likeness (QED) is 0.915. The molecule has 1 heterocycles. The third-order valence-corrected chi connectivity index (χ3v) is 2.66. The van der Waals surface area contributed by atoms with Gasteiger partial charge in [0, 0.05) is 6.20 Å². The van der Waals surface area contributed by atoms with E-state index in [0.717, 1.165) is 0 Å². The molecular formula is C11H8ClFN2O2. The molecule has 0 spiro atoms. The van der Waals surface area contributed by atoms with Crippen LogP contribution in [0.25, 0.3) is 0 Å². The maximum absolute atomic E-state index is 13.2. The van der Waals surface area contributed by atoms with Crippen molar-refractivity contribution >= 4 is 17.6 Å². The first kappa shape index (κ1) is 11.6. The molecule has 0 fully saturated rings. The minimum absolute atomic E-state index is 0.0399. The zero-order chi connectivity index (χ0) is 12.4. The maximum Gasteiger partial charge on any atom is 0.356 e. The third kappa shape index (κ3) is 2.45. The molecule has 1 aromatic carbocycles. The van der Waals surface area contributed by atoms with E-state index < -0.39 is 11.8 Å². The van der Waals surface area contributed by atoms with Gasteiger partial charge in [0.15, 0.2) is 5.69 Å². The molecule has 1 N–H and O–H groups in total. The molecule has 0 saturated heterocycles. The lowest BCUT2D eigenvalue weighted by molar-refractivity contribution is 0.0691. The highest BCUT2D eigenvalue weighted by molar-refractivity contribution is 6.31. The summed E-state index contributed by atoms with van der Waals surface area (Å²) < 4.78 is 14.7. The number of rotatable bonds is 3. The highest BCUT2D eigenvalue weighted by atomic mass is 35.5. The molecule has 0 atom stereocenters. The van der Waals surface area contributed by atoms with Crippen LogP contribution in [0.15, 0.2) is 30.7 Å². The van der Waals surface area contributed by atoms with E-state index in [0.29, 0.717) is 5.56 Å². The standard InChI is InChI=1S/C11H8ClFN2O2/c12-10-7(2-1-3-8(10)13)4-15-5-9(11(16)17)14-6-15/h1-3,5-6H,4H2,(H,16,17). The number of carboxylic acid groups (broad SMARTS) is 1. The largest absolute Gasteiger partial charge is 0.476 e. The Bertz CT molecular complexity index is 568. The number of hydrogen-bond acceptors (Lipinski definition) is 2. The van der Waals surface area contributed by atoms with E-state index in [1.807, 2.05) is 0 Å². The topological polar surface area (TPSA) is 55.1 Å².